The van der Waals surface area contributed by atoms with E-state index in [2.05, 4.69) is 15.3 Å². The van der Waals surface area contributed by atoms with Gasteiger partial charge in [0.1, 0.15) is 0 Å². The predicted octanol–water partition coefficient (Wildman–Crippen LogP) is 0.550. The Morgan fingerprint density at radius 3 is 3.00 bits per heavy atom. The second-order valence-electron chi connectivity index (χ2n) is 2.96. The molecule has 0 spiro atoms. The van der Waals surface area contributed by atoms with Gasteiger partial charge in [0.2, 0.25) is 0 Å². The molecule has 2 aromatic rings. The van der Waals surface area contributed by atoms with E-state index in [-0.39, 0.29) is 0 Å². The van der Waals surface area contributed by atoms with Crippen LogP contribution in [0.15, 0.2) is 12.4 Å². The van der Waals surface area contributed by atoms with Gasteiger partial charge in [0.15, 0.2) is 0 Å². The normalized spacial score (nSPS) is 10.7. The van der Waals surface area contributed by atoms with E-state index in [1.165, 1.54) is 4.88 Å². The standard InChI is InChI=1S/C8H11N5S/c1-6-10-3-8(14-6)5-13-4-7(2-9)11-12-13/h3-4H,2,5,9H2,1H3. The highest BCUT2D eigenvalue weighted by atomic mass is 32.1. The second kappa shape index (κ2) is 3.85. The zero-order chi connectivity index (χ0) is 9.97. The smallest absolute Gasteiger partial charge is 0.0962 e. The van der Waals surface area contributed by atoms with Gasteiger partial charge in [-0.2, -0.15) is 0 Å². The SMILES string of the molecule is Cc1ncc(Cn2cc(CN)nn2)s1. The first-order valence-corrected chi connectivity index (χ1v) is 5.10. The van der Waals surface area contributed by atoms with Crippen molar-refractivity contribution in [3.8, 4) is 0 Å². The minimum atomic E-state index is 0.432. The lowest BCUT2D eigenvalue weighted by atomic mass is 10.5. The summed E-state index contributed by atoms with van der Waals surface area (Å²) < 4.78 is 1.77. The third kappa shape index (κ3) is 1.97. The van der Waals surface area contributed by atoms with E-state index < -0.39 is 0 Å². The van der Waals surface area contributed by atoms with Gasteiger partial charge < -0.3 is 5.73 Å². The van der Waals surface area contributed by atoms with Crippen LogP contribution in [0, 0.1) is 6.92 Å². The fraction of sp³-hybridized carbons (Fsp3) is 0.375. The van der Waals surface area contributed by atoms with Crippen molar-refractivity contribution in [2.24, 2.45) is 5.73 Å². The monoisotopic (exact) mass is 209 g/mol. The van der Waals surface area contributed by atoms with Crippen molar-refractivity contribution in [2.45, 2.75) is 20.0 Å². The Morgan fingerprint density at radius 1 is 1.57 bits per heavy atom. The van der Waals surface area contributed by atoms with Gasteiger partial charge in [-0.15, -0.1) is 16.4 Å². The third-order valence-corrected chi connectivity index (χ3v) is 2.68. The Labute approximate surface area is 85.6 Å². The van der Waals surface area contributed by atoms with E-state index in [0.717, 1.165) is 17.2 Å². The highest BCUT2D eigenvalue weighted by molar-refractivity contribution is 7.11. The summed E-state index contributed by atoms with van der Waals surface area (Å²) in [7, 11) is 0. The highest BCUT2D eigenvalue weighted by Gasteiger charge is 2.02. The van der Waals surface area contributed by atoms with E-state index in [0.29, 0.717) is 6.54 Å². The number of hydrogen-bond acceptors (Lipinski definition) is 5. The molecule has 0 aliphatic rings. The molecule has 0 aliphatic carbocycles. The van der Waals surface area contributed by atoms with Crippen molar-refractivity contribution in [1.82, 2.24) is 20.0 Å². The fourth-order valence-corrected chi connectivity index (χ4v) is 1.93. The minimum absolute atomic E-state index is 0.432. The van der Waals surface area contributed by atoms with E-state index >= 15 is 0 Å². The van der Waals surface area contributed by atoms with Crippen LogP contribution in [0.4, 0.5) is 0 Å². The molecule has 6 heteroatoms. The van der Waals surface area contributed by atoms with Gasteiger partial charge in [-0.1, -0.05) is 5.21 Å². The number of hydrogen-bond donors (Lipinski definition) is 1. The molecule has 2 aromatic heterocycles. The fourth-order valence-electron chi connectivity index (χ4n) is 1.15. The summed E-state index contributed by atoms with van der Waals surface area (Å²) >= 11 is 1.67. The Balaban J connectivity index is 2.10. The molecule has 0 unspecified atom stereocenters. The Kier molecular flexibility index (Phi) is 2.55. The number of aromatic nitrogens is 4. The van der Waals surface area contributed by atoms with E-state index in [4.69, 9.17) is 5.73 Å². The van der Waals surface area contributed by atoms with Crippen LogP contribution in [0.1, 0.15) is 15.6 Å². The Hall–Kier alpha value is -1.27. The predicted molar refractivity (Wildman–Crippen MR) is 53.9 cm³/mol. The van der Waals surface area contributed by atoms with Gasteiger partial charge in [-0.3, -0.25) is 0 Å². The van der Waals surface area contributed by atoms with Crippen LogP contribution in [0.3, 0.4) is 0 Å². The minimum Gasteiger partial charge on any atom is -0.325 e. The quantitative estimate of drug-likeness (QED) is 0.801. The molecular formula is C8H11N5S. The van der Waals surface area contributed by atoms with Crippen LogP contribution < -0.4 is 5.73 Å². The van der Waals surface area contributed by atoms with Crippen molar-refractivity contribution in [3.63, 3.8) is 0 Å². The number of aryl methyl sites for hydroxylation is 1. The highest BCUT2D eigenvalue weighted by Crippen LogP contribution is 2.12. The molecule has 0 aliphatic heterocycles. The van der Waals surface area contributed by atoms with Gasteiger partial charge >= 0.3 is 0 Å². The maximum atomic E-state index is 5.44. The Bertz CT molecular complexity index is 419. The molecular weight excluding hydrogens is 198 g/mol. The maximum absolute atomic E-state index is 5.44. The van der Waals surface area contributed by atoms with Crippen LogP contribution in [-0.2, 0) is 13.1 Å². The number of rotatable bonds is 3. The molecule has 14 heavy (non-hydrogen) atoms. The van der Waals surface area contributed by atoms with Crippen molar-refractivity contribution < 1.29 is 0 Å². The van der Waals surface area contributed by atoms with Crippen LogP contribution >= 0.6 is 11.3 Å². The summed E-state index contributed by atoms with van der Waals surface area (Å²) in [6.45, 7) is 3.14. The molecule has 0 fully saturated rings. The van der Waals surface area contributed by atoms with E-state index in [1.807, 2.05) is 19.3 Å². The summed E-state index contributed by atoms with van der Waals surface area (Å²) in [6.07, 6.45) is 3.72. The first kappa shape index (κ1) is 9.29. The van der Waals surface area contributed by atoms with Crippen LogP contribution in [-0.4, -0.2) is 20.0 Å². The van der Waals surface area contributed by atoms with Gasteiger partial charge in [-0.25, -0.2) is 9.67 Å². The zero-order valence-electron chi connectivity index (χ0n) is 7.84. The van der Waals surface area contributed by atoms with Gasteiger partial charge in [0.05, 0.1) is 23.4 Å². The summed E-state index contributed by atoms with van der Waals surface area (Å²) in [5.41, 5.74) is 6.25. The zero-order valence-corrected chi connectivity index (χ0v) is 8.66. The second-order valence-corrected chi connectivity index (χ2v) is 4.28. The molecule has 0 atom stereocenters. The lowest BCUT2D eigenvalue weighted by Crippen LogP contribution is -1.98. The average molecular weight is 209 g/mol. The molecule has 0 amide bonds. The van der Waals surface area contributed by atoms with E-state index in [9.17, 15) is 0 Å². The van der Waals surface area contributed by atoms with Gasteiger partial charge in [-0.05, 0) is 6.92 Å². The van der Waals surface area contributed by atoms with Crippen molar-refractivity contribution in [3.05, 3.63) is 28.0 Å². The number of thiazole rings is 1. The van der Waals surface area contributed by atoms with Gasteiger partial charge in [0, 0.05) is 17.6 Å². The Morgan fingerprint density at radius 2 is 2.43 bits per heavy atom. The van der Waals surface area contributed by atoms with E-state index in [1.54, 1.807) is 16.0 Å². The first-order chi connectivity index (χ1) is 6.78. The first-order valence-electron chi connectivity index (χ1n) is 4.28. The molecule has 0 saturated carbocycles. The molecule has 2 rings (SSSR count). The molecule has 5 nitrogen and oxygen atoms in total. The summed E-state index contributed by atoms with van der Waals surface area (Å²) in [5.74, 6) is 0. The molecule has 0 radical (unpaired) electrons. The molecule has 0 saturated heterocycles. The molecule has 0 aromatic carbocycles. The maximum Gasteiger partial charge on any atom is 0.0962 e. The molecule has 0 bridgehead atoms. The van der Waals surface area contributed by atoms with Crippen LogP contribution in [0.2, 0.25) is 0 Å². The summed E-state index contributed by atoms with van der Waals surface area (Å²) in [6, 6.07) is 0. The lowest BCUT2D eigenvalue weighted by Gasteiger charge is -1.93. The van der Waals surface area contributed by atoms with Gasteiger partial charge in [0.25, 0.3) is 0 Å². The third-order valence-electron chi connectivity index (χ3n) is 1.78. The van der Waals surface area contributed by atoms with Crippen LogP contribution in [0.25, 0.3) is 0 Å². The summed E-state index contributed by atoms with van der Waals surface area (Å²) in [5, 5.41) is 8.94. The van der Waals surface area contributed by atoms with Crippen LogP contribution in [0.5, 0.6) is 0 Å². The molecule has 2 N–H and O–H groups in total. The van der Waals surface area contributed by atoms with Crippen molar-refractivity contribution in [2.75, 3.05) is 0 Å². The molecule has 74 valence electrons. The van der Waals surface area contributed by atoms with Crippen molar-refractivity contribution in [1.29, 1.82) is 0 Å². The number of nitrogens with zero attached hydrogens (tertiary/aromatic N) is 4. The average Bonchev–Trinajstić information content (AvgIpc) is 2.76. The van der Waals surface area contributed by atoms with Crippen molar-refractivity contribution >= 4 is 11.3 Å². The molecule has 2 heterocycles. The lowest BCUT2D eigenvalue weighted by molar-refractivity contribution is 0.654. The summed E-state index contributed by atoms with van der Waals surface area (Å²) in [4.78, 5) is 5.35. The topological polar surface area (TPSA) is 69.6 Å². The largest absolute Gasteiger partial charge is 0.325 e. The number of nitrogens with two attached hydrogens (primary N) is 1.